The van der Waals surface area contributed by atoms with Crippen molar-refractivity contribution < 1.29 is 4.79 Å². The molecule has 1 unspecified atom stereocenters. The fourth-order valence-corrected chi connectivity index (χ4v) is 0.716. The Kier molecular flexibility index (Phi) is 3.49. The summed E-state index contributed by atoms with van der Waals surface area (Å²) in [5.41, 5.74) is 0.821. The number of ketones is 1. The molecule has 0 aromatic carbocycles. The number of rotatable bonds is 2. The number of allylic oxidation sites excluding steroid dienone is 1. The molecule has 0 aliphatic rings. The van der Waals surface area contributed by atoms with Gasteiger partial charge in [0.1, 0.15) is 5.78 Å². The number of carbonyl (C=O) groups excluding carboxylic acids is 1. The summed E-state index contributed by atoms with van der Waals surface area (Å²) >= 11 is 0. The zero-order valence-electron chi connectivity index (χ0n) is 6.69. The maximum Gasteiger partial charge on any atom is 0.148 e. The third-order valence-corrected chi connectivity index (χ3v) is 1.19. The highest BCUT2D eigenvalue weighted by Gasteiger charge is 2.09. The van der Waals surface area contributed by atoms with Crippen molar-refractivity contribution in [2.24, 2.45) is 5.92 Å². The molecule has 0 fully saturated rings. The summed E-state index contributed by atoms with van der Waals surface area (Å²) in [6.07, 6.45) is 0. The topological polar surface area (TPSA) is 17.1 Å². The lowest BCUT2D eigenvalue weighted by molar-refractivity contribution is -0.118. The Bertz CT molecular complexity index is 189. The van der Waals surface area contributed by atoms with Gasteiger partial charge in [0.15, 0.2) is 0 Å². The molecule has 0 aromatic heterocycles. The van der Waals surface area contributed by atoms with E-state index in [0.29, 0.717) is 0 Å². The third kappa shape index (κ3) is 2.50. The van der Waals surface area contributed by atoms with Gasteiger partial charge in [0.25, 0.3) is 0 Å². The van der Waals surface area contributed by atoms with E-state index in [1.807, 2.05) is 6.92 Å². The van der Waals surface area contributed by atoms with Crippen molar-refractivity contribution in [1.82, 2.24) is 0 Å². The minimum Gasteiger partial charge on any atom is -0.298 e. The van der Waals surface area contributed by atoms with Crippen molar-refractivity contribution in [2.75, 3.05) is 0 Å². The smallest absolute Gasteiger partial charge is 0.148 e. The van der Waals surface area contributed by atoms with E-state index in [2.05, 4.69) is 18.4 Å². The first-order chi connectivity index (χ1) is 4.59. The fraction of sp³-hybridized carbons (Fsp3) is 0.444. The third-order valence-electron chi connectivity index (χ3n) is 1.19. The molecule has 0 rings (SSSR count). The van der Waals surface area contributed by atoms with Crippen molar-refractivity contribution in [3.8, 4) is 11.8 Å². The Labute approximate surface area is 62.1 Å². The number of hydrogen-bond acceptors (Lipinski definition) is 1. The van der Waals surface area contributed by atoms with Crippen LogP contribution in [0.5, 0.6) is 0 Å². The molecule has 0 heterocycles. The largest absolute Gasteiger partial charge is 0.298 e. The summed E-state index contributed by atoms with van der Waals surface area (Å²) in [5, 5.41) is 0. The lowest BCUT2D eigenvalue weighted by Gasteiger charge is -2.03. The van der Waals surface area contributed by atoms with Crippen LogP contribution < -0.4 is 0 Å². The van der Waals surface area contributed by atoms with Crippen LogP contribution in [0.1, 0.15) is 20.8 Å². The van der Waals surface area contributed by atoms with Crippen molar-refractivity contribution in [3.05, 3.63) is 12.2 Å². The Morgan fingerprint density at radius 2 is 2.00 bits per heavy atom. The lowest BCUT2D eigenvalue weighted by Crippen LogP contribution is -2.08. The van der Waals surface area contributed by atoms with Crippen LogP contribution in [0.4, 0.5) is 0 Å². The van der Waals surface area contributed by atoms with E-state index in [1.54, 1.807) is 6.92 Å². The van der Waals surface area contributed by atoms with Gasteiger partial charge in [-0.2, -0.15) is 0 Å². The summed E-state index contributed by atoms with van der Waals surface area (Å²) in [5.74, 6) is 5.29. The van der Waals surface area contributed by atoms with E-state index < -0.39 is 0 Å². The van der Waals surface area contributed by atoms with Crippen LogP contribution in [0, 0.1) is 17.8 Å². The molecule has 0 bridgehead atoms. The second kappa shape index (κ2) is 3.90. The van der Waals surface area contributed by atoms with Crippen LogP contribution >= 0.6 is 0 Å². The van der Waals surface area contributed by atoms with E-state index >= 15 is 0 Å². The number of carbonyl (C=O) groups is 1. The van der Waals surface area contributed by atoms with Crippen LogP contribution in [0.25, 0.3) is 0 Å². The lowest BCUT2D eigenvalue weighted by atomic mass is 9.99. The van der Waals surface area contributed by atoms with Crippen LogP contribution in [-0.4, -0.2) is 5.78 Å². The van der Waals surface area contributed by atoms with E-state index in [4.69, 9.17) is 0 Å². The molecule has 0 radical (unpaired) electrons. The molecule has 0 amide bonds. The second-order valence-electron chi connectivity index (χ2n) is 2.28. The summed E-state index contributed by atoms with van der Waals surface area (Å²) < 4.78 is 0. The fourth-order valence-electron chi connectivity index (χ4n) is 0.716. The molecule has 1 nitrogen and oxygen atoms in total. The van der Waals surface area contributed by atoms with Gasteiger partial charge < -0.3 is 0 Å². The predicted molar refractivity (Wildman–Crippen MR) is 42.4 cm³/mol. The summed E-state index contributed by atoms with van der Waals surface area (Å²) in [4.78, 5) is 10.8. The van der Waals surface area contributed by atoms with Crippen molar-refractivity contribution in [1.29, 1.82) is 0 Å². The molecule has 1 atom stereocenters. The maximum absolute atomic E-state index is 10.8. The van der Waals surface area contributed by atoms with Crippen LogP contribution in [-0.2, 0) is 4.79 Å². The van der Waals surface area contributed by atoms with Gasteiger partial charge in [-0.3, -0.25) is 4.79 Å². The molecular weight excluding hydrogens is 124 g/mol. The minimum absolute atomic E-state index is 0.0712. The van der Waals surface area contributed by atoms with Crippen molar-refractivity contribution in [2.45, 2.75) is 20.8 Å². The van der Waals surface area contributed by atoms with Crippen molar-refractivity contribution in [3.63, 3.8) is 0 Å². The van der Waals surface area contributed by atoms with Crippen LogP contribution in [0.3, 0.4) is 0 Å². The Hall–Kier alpha value is -1.03. The molecule has 54 valence electrons. The highest BCUT2D eigenvalue weighted by atomic mass is 16.1. The average Bonchev–Trinajstić information content (AvgIpc) is 1.81. The molecule has 10 heavy (non-hydrogen) atoms. The van der Waals surface area contributed by atoms with Crippen LogP contribution in [0.2, 0.25) is 0 Å². The predicted octanol–water partition coefficient (Wildman–Crippen LogP) is 1.79. The Balaban J connectivity index is 4.37. The Morgan fingerprint density at radius 3 is 2.10 bits per heavy atom. The van der Waals surface area contributed by atoms with E-state index in [0.717, 1.165) is 5.57 Å². The maximum atomic E-state index is 10.8. The first-order valence-electron chi connectivity index (χ1n) is 3.17. The number of hydrogen-bond donors (Lipinski definition) is 0. The molecule has 1 heteroatoms. The highest BCUT2D eigenvalue weighted by molar-refractivity contribution is 5.84. The van der Waals surface area contributed by atoms with Gasteiger partial charge in [-0.25, -0.2) is 0 Å². The molecule has 0 aromatic rings. The van der Waals surface area contributed by atoms with E-state index in [9.17, 15) is 4.79 Å². The SMILES string of the molecule is C=C(C)C(C#CC)C(C)=O. The van der Waals surface area contributed by atoms with Gasteiger partial charge >= 0.3 is 0 Å². The summed E-state index contributed by atoms with van der Waals surface area (Å²) in [7, 11) is 0. The average molecular weight is 136 g/mol. The molecular formula is C9H12O. The molecule has 0 aliphatic carbocycles. The molecule has 0 aliphatic heterocycles. The number of Topliss-reactive ketones (excluding diaryl/α,β-unsaturated/α-hetero) is 1. The monoisotopic (exact) mass is 136 g/mol. The summed E-state index contributed by atoms with van der Waals surface area (Å²) in [6, 6.07) is 0. The highest BCUT2D eigenvalue weighted by Crippen LogP contribution is 2.07. The van der Waals surface area contributed by atoms with Gasteiger partial charge in [0, 0.05) is 0 Å². The first-order valence-corrected chi connectivity index (χ1v) is 3.17. The standard InChI is InChI=1S/C9H12O/c1-5-6-9(7(2)3)8(4)10/h9H,2H2,1,3-4H3. The minimum atomic E-state index is -0.259. The van der Waals surface area contributed by atoms with Gasteiger partial charge in [0.05, 0.1) is 5.92 Å². The van der Waals surface area contributed by atoms with Gasteiger partial charge in [0.2, 0.25) is 0 Å². The van der Waals surface area contributed by atoms with Gasteiger partial charge in [-0.15, -0.1) is 5.92 Å². The second-order valence-corrected chi connectivity index (χ2v) is 2.28. The Morgan fingerprint density at radius 1 is 1.50 bits per heavy atom. The van der Waals surface area contributed by atoms with Gasteiger partial charge in [-0.05, 0) is 20.8 Å². The molecule has 0 spiro atoms. The quantitative estimate of drug-likeness (QED) is 0.418. The van der Waals surface area contributed by atoms with Gasteiger partial charge in [-0.1, -0.05) is 18.1 Å². The summed E-state index contributed by atoms with van der Waals surface area (Å²) in [6.45, 7) is 8.74. The van der Waals surface area contributed by atoms with E-state index in [1.165, 1.54) is 6.92 Å². The first kappa shape index (κ1) is 8.97. The van der Waals surface area contributed by atoms with Crippen LogP contribution in [0.15, 0.2) is 12.2 Å². The molecule has 0 N–H and O–H groups in total. The normalized spacial score (nSPS) is 11.1. The zero-order chi connectivity index (χ0) is 8.15. The zero-order valence-corrected chi connectivity index (χ0v) is 6.69. The van der Waals surface area contributed by atoms with Crippen molar-refractivity contribution >= 4 is 5.78 Å². The molecule has 0 saturated carbocycles. The van der Waals surface area contributed by atoms with E-state index in [-0.39, 0.29) is 11.7 Å². The molecule has 0 saturated heterocycles.